The fraction of sp³-hybridized carbons (Fsp3) is 0.679. The maximum Gasteiger partial charge on any atom is 0.265 e. The van der Waals surface area contributed by atoms with Crippen LogP contribution in [0.1, 0.15) is 122 Å². The van der Waals surface area contributed by atoms with Crippen LogP contribution in [0, 0.1) is 0 Å². The number of thioether (sulfide) groups is 1. The first-order chi connectivity index (χ1) is 15.7. The number of carbonyl (C=O) groups is 1. The zero-order valence-electron chi connectivity index (χ0n) is 20.4. The maximum absolute atomic E-state index is 11.6. The van der Waals surface area contributed by atoms with Gasteiger partial charge in [0.05, 0.1) is 0 Å². The molecule has 0 bridgehead atoms. The van der Waals surface area contributed by atoms with Crippen molar-refractivity contribution in [1.29, 1.82) is 0 Å². The van der Waals surface area contributed by atoms with Gasteiger partial charge in [-0.05, 0) is 18.4 Å². The van der Waals surface area contributed by atoms with Crippen LogP contribution in [-0.4, -0.2) is 5.91 Å². The fourth-order valence-electron chi connectivity index (χ4n) is 4.59. The van der Waals surface area contributed by atoms with Crippen LogP contribution >= 0.6 is 11.8 Å². The number of rotatable bonds is 19. The van der Waals surface area contributed by atoms with Crippen molar-refractivity contribution in [3.05, 3.63) is 47.0 Å². The number of hydrogen-bond acceptors (Lipinski definition) is 3. The molecule has 0 saturated heterocycles. The molecule has 0 aromatic heterocycles. The molecule has 180 valence electrons. The number of unbranched alkanes of at least 4 members (excludes halogenated alkanes) is 15. The van der Waals surface area contributed by atoms with Gasteiger partial charge in [-0.25, -0.2) is 0 Å². The molecule has 3 N–H and O–H groups in total. The summed E-state index contributed by atoms with van der Waals surface area (Å²) in [5.41, 5.74) is 7.26. The zero-order valence-corrected chi connectivity index (χ0v) is 21.2. The standard InChI is InChI=1S/C28H46N2OS/c1-2-3-4-5-6-7-8-9-10-11-12-13-14-15-16-20-23-28(25-21-18-17-19-22-25)30-26(24-32-28)27(29)31/h17-19,21-22,24,30H,2-16,20,23H2,1H3,(H2,29,31). The van der Waals surface area contributed by atoms with E-state index >= 15 is 0 Å². The molecule has 1 aromatic carbocycles. The van der Waals surface area contributed by atoms with E-state index in [1.807, 2.05) is 11.5 Å². The highest BCUT2D eigenvalue weighted by molar-refractivity contribution is 8.03. The molecular weight excluding hydrogens is 412 g/mol. The predicted molar refractivity (Wildman–Crippen MR) is 140 cm³/mol. The Kier molecular flexibility index (Phi) is 13.6. The van der Waals surface area contributed by atoms with Crippen molar-refractivity contribution < 1.29 is 4.79 Å². The minimum Gasteiger partial charge on any atom is -0.364 e. The number of benzene rings is 1. The summed E-state index contributed by atoms with van der Waals surface area (Å²) in [6.45, 7) is 2.29. The van der Waals surface area contributed by atoms with E-state index < -0.39 is 0 Å². The van der Waals surface area contributed by atoms with E-state index in [4.69, 9.17) is 5.73 Å². The SMILES string of the molecule is CCCCCCCCCCCCCCCCCCC1(c2ccccc2)NC(C(N)=O)=CS1. The van der Waals surface area contributed by atoms with E-state index in [-0.39, 0.29) is 10.8 Å². The monoisotopic (exact) mass is 458 g/mol. The molecule has 1 aliphatic rings. The molecule has 1 aliphatic heterocycles. The number of nitrogens with two attached hydrogens (primary N) is 1. The highest BCUT2D eigenvalue weighted by atomic mass is 32.2. The first-order valence-electron chi connectivity index (χ1n) is 13.2. The van der Waals surface area contributed by atoms with Crippen molar-refractivity contribution in [2.24, 2.45) is 5.73 Å². The molecule has 0 aliphatic carbocycles. The highest BCUT2D eigenvalue weighted by Gasteiger charge is 2.37. The number of primary amides is 1. The molecule has 1 atom stereocenters. The van der Waals surface area contributed by atoms with E-state index in [1.54, 1.807) is 11.8 Å². The summed E-state index contributed by atoms with van der Waals surface area (Å²) in [6, 6.07) is 10.5. The van der Waals surface area contributed by atoms with E-state index in [0.717, 1.165) is 12.8 Å². The summed E-state index contributed by atoms with van der Waals surface area (Å²) in [7, 11) is 0. The Morgan fingerprint density at radius 2 is 1.25 bits per heavy atom. The van der Waals surface area contributed by atoms with Crippen molar-refractivity contribution in [3.8, 4) is 0 Å². The lowest BCUT2D eigenvalue weighted by molar-refractivity contribution is -0.115. The number of amides is 1. The Labute approximate surface area is 201 Å². The van der Waals surface area contributed by atoms with Gasteiger partial charge in [0.2, 0.25) is 0 Å². The lowest BCUT2D eigenvalue weighted by atomic mass is 9.98. The third kappa shape index (κ3) is 10.0. The Balaban J connectivity index is 1.50. The number of nitrogens with one attached hydrogen (secondary N) is 1. The maximum atomic E-state index is 11.6. The molecule has 4 heteroatoms. The van der Waals surface area contributed by atoms with Crippen LogP contribution in [0.15, 0.2) is 41.4 Å². The van der Waals surface area contributed by atoms with Gasteiger partial charge in [-0.15, -0.1) is 0 Å². The largest absolute Gasteiger partial charge is 0.364 e. The van der Waals surface area contributed by atoms with Crippen LogP contribution < -0.4 is 11.1 Å². The average molecular weight is 459 g/mol. The van der Waals surface area contributed by atoms with Crippen molar-refractivity contribution in [1.82, 2.24) is 5.32 Å². The fourth-order valence-corrected chi connectivity index (χ4v) is 5.79. The van der Waals surface area contributed by atoms with Gasteiger partial charge in [0.25, 0.3) is 5.91 Å². The van der Waals surface area contributed by atoms with Gasteiger partial charge in [0.1, 0.15) is 10.6 Å². The molecule has 1 unspecified atom stereocenters. The van der Waals surface area contributed by atoms with E-state index in [2.05, 4.69) is 36.5 Å². The molecule has 0 fully saturated rings. The molecule has 32 heavy (non-hydrogen) atoms. The summed E-state index contributed by atoms with van der Waals surface area (Å²) in [5, 5.41) is 5.31. The van der Waals surface area contributed by atoms with E-state index in [1.165, 1.54) is 102 Å². The average Bonchev–Trinajstić information content (AvgIpc) is 3.25. The topological polar surface area (TPSA) is 55.1 Å². The lowest BCUT2D eigenvalue weighted by Gasteiger charge is -2.30. The van der Waals surface area contributed by atoms with Gasteiger partial charge in [-0.3, -0.25) is 4.79 Å². The van der Waals surface area contributed by atoms with Crippen LogP contribution in [0.4, 0.5) is 0 Å². The van der Waals surface area contributed by atoms with Gasteiger partial charge in [-0.1, -0.05) is 145 Å². The molecule has 3 nitrogen and oxygen atoms in total. The molecule has 1 heterocycles. The van der Waals surface area contributed by atoms with Crippen molar-refractivity contribution in [2.75, 3.05) is 0 Å². The second-order valence-electron chi connectivity index (χ2n) is 9.38. The molecular formula is C28H46N2OS. The third-order valence-electron chi connectivity index (χ3n) is 6.60. The van der Waals surface area contributed by atoms with Gasteiger partial charge in [0.15, 0.2) is 0 Å². The Morgan fingerprint density at radius 3 is 1.69 bits per heavy atom. The molecule has 0 radical (unpaired) electrons. The van der Waals surface area contributed by atoms with Crippen LogP contribution in [-0.2, 0) is 9.67 Å². The first kappa shape index (κ1) is 26.8. The molecule has 1 aromatic rings. The number of carbonyl (C=O) groups excluding carboxylic acids is 1. The van der Waals surface area contributed by atoms with E-state index in [0.29, 0.717) is 5.70 Å². The summed E-state index contributed by atoms with van der Waals surface area (Å²) in [4.78, 5) is 11.4. The highest BCUT2D eigenvalue weighted by Crippen LogP contribution is 2.44. The van der Waals surface area contributed by atoms with Crippen LogP contribution in [0.3, 0.4) is 0 Å². The van der Waals surface area contributed by atoms with Crippen LogP contribution in [0.5, 0.6) is 0 Å². The summed E-state index contributed by atoms with van der Waals surface area (Å²) >= 11 is 1.69. The summed E-state index contributed by atoms with van der Waals surface area (Å²) in [6.07, 6.45) is 23.1. The predicted octanol–water partition coefficient (Wildman–Crippen LogP) is 8.15. The molecule has 1 amide bonds. The van der Waals surface area contributed by atoms with Gasteiger partial charge in [-0.2, -0.15) is 0 Å². The minimum atomic E-state index is -0.373. The first-order valence-corrected chi connectivity index (χ1v) is 14.1. The van der Waals surface area contributed by atoms with Crippen molar-refractivity contribution in [3.63, 3.8) is 0 Å². The second kappa shape index (κ2) is 16.2. The molecule has 0 saturated carbocycles. The Bertz CT molecular complexity index is 661. The van der Waals surface area contributed by atoms with Gasteiger partial charge >= 0.3 is 0 Å². The normalized spacial score (nSPS) is 17.8. The molecule has 0 spiro atoms. The smallest absolute Gasteiger partial charge is 0.265 e. The second-order valence-corrected chi connectivity index (χ2v) is 10.6. The Hall–Kier alpha value is -1.42. The van der Waals surface area contributed by atoms with Crippen molar-refractivity contribution >= 4 is 17.7 Å². The van der Waals surface area contributed by atoms with Crippen LogP contribution in [0.25, 0.3) is 0 Å². The lowest BCUT2D eigenvalue weighted by Crippen LogP contribution is -2.38. The quantitative estimate of drug-likeness (QED) is 0.206. The minimum absolute atomic E-state index is 0.248. The Morgan fingerprint density at radius 1 is 0.781 bits per heavy atom. The van der Waals surface area contributed by atoms with E-state index in [9.17, 15) is 4.79 Å². The summed E-state index contributed by atoms with van der Waals surface area (Å²) in [5.74, 6) is -0.373. The van der Waals surface area contributed by atoms with Gasteiger partial charge in [0, 0.05) is 5.41 Å². The molecule has 2 rings (SSSR count). The third-order valence-corrected chi connectivity index (χ3v) is 7.90. The van der Waals surface area contributed by atoms with Crippen molar-refractivity contribution in [2.45, 2.75) is 121 Å². The summed E-state index contributed by atoms with van der Waals surface area (Å²) < 4.78 is 0. The van der Waals surface area contributed by atoms with Crippen LogP contribution in [0.2, 0.25) is 0 Å². The zero-order chi connectivity index (χ0) is 22.9. The number of hydrogen-bond donors (Lipinski definition) is 2. The van der Waals surface area contributed by atoms with Gasteiger partial charge < -0.3 is 11.1 Å².